The van der Waals surface area contributed by atoms with E-state index in [1.807, 2.05) is 66.7 Å². The van der Waals surface area contributed by atoms with Gasteiger partial charge in [0.05, 0.1) is 18.9 Å². The first-order valence-corrected chi connectivity index (χ1v) is 13.1. The van der Waals surface area contributed by atoms with E-state index in [-0.39, 0.29) is 0 Å². The maximum absolute atomic E-state index is 11.2. The highest BCUT2D eigenvalue weighted by molar-refractivity contribution is 7.14. The Bertz CT molecular complexity index is 1460. The van der Waals surface area contributed by atoms with Gasteiger partial charge in [-0.2, -0.15) is 0 Å². The first kappa shape index (κ1) is 25.0. The predicted octanol–water partition coefficient (Wildman–Crippen LogP) is 6.07. The fourth-order valence-corrected chi connectivity index (χ4v) is 4.87. The van der Waals surface area contributed by atoms with Crippen LogP contribution in [-0.4, -0.2) is 34.8 Å². The quantitative estimate of drug-likeness (QED) is 0.208. The van der Waals surface area contributed by atoms with E-state index < -0.39 is 5.76 Å². The Morgan fingerprint density at radius 1 is 0.919 bits per heavy atom. The van der Waals surface area contributed by atoms with Crippen molar-refractivity contribution >= 4 is 28.1 Å². The van der Waals surface area contributed by atoms with E-state index in [9.17, 15) is 4.79 Å². The van der Waals surface area contributed by atoms with Crippen LogP contribution < -0.4 is 10.7 Å². The zero-order valence-corrected chi connectivity index (χ0v) is 21.5. The van der Waals surface area contributed by atoms with E-state index in [2.05, 4.69) is 37.1 Å². The molecule has 0 amide bonds. The summed E-state index contributed by atoms with van der Waals surface area (Å²) in [6.07, 6.45) is 0.824. The molecule has 0 saturated heterocycles. The third-order valence-corrected chi connectivity index (χ3v) is 7.01. The molecule has 0 aliphatic carbocycles. The highest BCUT2D eigenvalue weighted by atomic mass is 35.5. The van der Waals surface area contributed by atoms with Gasteiger partial charge in [0, 0.05) is 34.6 Å². The number of aromatic amines is 1. The van der Waals surface area contributed by atoms with Gasteiger partial charge < -0.3 is 9.64 Å². The van der Waals surface area contributed by atoms with Crippen molar-refractivity contribution in [2.45, 2.75) is 13.0 Å². The Labute approximate surface area is 223 Å². The number of hydrogen-bond donors (Lipinski definition) is 1. The lowest BCUT2D eigenvalue weighted by Crippen LogP contribution is -2.29. The average Bonchev–Trinajstić information content (AvgIpc) is 3.59. The summed E-state index contributed by atoms with van der Waals surface area (Å²) in [7, 11) is 0. The molecule has 0 atom stereocenters. The maximum Gasteiger partial charge on any atom is 0.439 e. The van der Waals surface area contributed by atoms with Crippen molar-refractivity contribution in [3.05, 3.63) is 111 Å². The zero-order valence-electron chi connectivity index (χ0n) is 20.0. The molecule has 1 N–H and O–H groups in total. The number of ether oxygens (including phenoxy) is 1. The molecule has 0 fully saturated rings. The number of nitrogens with one attached hydrogen (secondary N) is 1. The van der Waals surface area contributed by atoms with Crippen molar-refractivity contribution in [2.24, 2.45) is 0 Å². The number of nitrogens with zero attached hydrogens (tertiary/aromatic N) is 3. The van der Waals surface area contributed by atoms with Gasteiger partial charge in [0.25, 0.3) is 0 Å². The monoisotopic (exact) mass is 532 g/mol. The molecule has 0 unspecified atom stereocenters. The molecule has 7 nitrogen and oxygen atoms in total. The first-order chi connectivity index (χ1) is 18.1. The Balaban J connectivity index is 1.26. The summed E-state index contributed by atoms with van der Waals surface area (Å²) in [5.41, 5.74) is 5.08. The van der Waals surface area contributed by atoms with Crippen molar-refractivity contribution in [1.29, 1.82) is 0 Å². The number of H-pyrrole nitrogens is 1. The normalized spacial score (nSPS) is 11.1. The van der Waals surface area contributed by atoms with Crippen LogP contribution in [0.15, 0.2) is 93.6 Å². The highest BCUT2D eigenvalue weighted by Crippen LogP contribution is 2.28. The van der Waals surface area contributed by atoms with Gasteiger partial charge in [-0.05, 0) is 29.7 Å². The van der Waals surface area contributed by atoms with Gasteiger partial charge in [-0.3, -0.25) is 9.51 Å². The van der Waals surface area contributed by atoms with Crippen molar-refractivity contribution in [1.82, 2.24) is 15.1 Å². The molecule has 3 aromatic carbocycles. The maximum atomic E-state index is 11.2. The molecule has 5 aromatic rings. The van der Waals surface area contributed by atoms with Crippen LogP contribution in [0.2, 0.25) is 5.02 Å². The van der Waals surface area contributed by atoms with Gasteiger partial charge in [-0.15, -0.1) is 11.3 Å². The number of anilines is 1. The minimum atomic E-state index is -0.564. The first-order valence-electron chi connectivity index (χ1n) is 11.9. The van der Waals surface area contributed by atoms with Crippen molar-refractivity contribution in [2.75, 3.05) is 24.6 Å². The van der Waals surface area contributed by atoms with Crippen LogP contribution in [0.4, 0.5) is 5.13 Å². The lowest BCUT2D eigenvalue weighted by molar-refractivity contribution is 0.127. The van der Waals surface area contributed by atoms with Gasteiger partial charge >= 0.3 is 5.76 Å². The van der Waals surface area contributed by atoms with Gasteiger partial charge in [-0.1, -0.05) is 83.5 Å². The minimum Gasteiger partial charge on any atom is -0.375 e. The van der Waals surface area contributed by atoms with Crippen LogP contribution in [0, 0.1) is 0 Å². The third kappa shape index (κ3) is 6.74. The summed E-state index contributed by atoms with van der Waals surface area (Å²) in [5, 5.41) is 7.47. The van der Waals surface area contributed by atoms with E-state index in [4.69, 9.17) is 21.3 Å². The Hall–Kier alpha value is -3.72. The molecule has 2 aromatic heterocycles. The standard InChI is InChI=1S/C28H25ClN4O3S/c29-24-12-10-22(11-13-24)25-19-37-27(30-25)33(16-17-35-18-21-4-2-1-3-5-21)15-14-20-6-8-23(9-7-20)26-31-28(34)36-32-26/h1-13,19H,14-18H2,(H,31,32,34). The van der Waals surface area contributed by atoms with Crippen LogP contribution in [0.25, 0.3) is 22.6 Å². The lowest BCUT2D eigenvalue weighted by Gasteiger charge is -2.22. The largest absolute Gasteiger partial charge is 0.439 e. The zero-order chi connectivity index (χ0) is 25.5. The molecule has 0 saturated carbocycles. The molecule has 0 spiro atoms. The summed E-state index contributed by atoms with van der Waals surface area (Å²) in [6.45, 7) is 2.67. The molecule has 37 heavy (non-hydrogen) atoms. The van der Waals surface area contributed by atoms with Crippen LogP contribution in [0.5, 0.6) is 0 Å². The average molecular weight is 533 g/mol. The van der Waals surface area contributed by atoms with Crippen LogP contribution in [0.3, 0.4) is 0 Å². The SMILES string of the molecule is O=c1[nH]c(-c2ccc(CCN(CCOCc3ccccc3)c3nc(-c4ccc(Cl)cc4)cs3)cc2)no1. The molecule has 9 heteroatoms. The predicted molar refractivity (Wildman–Crippen MR) is 147 cm³/mol. The molecule has 5 rings (SSSR count). The molecule has 0 bridgehead atoms. The third-order valence-electron chi connectivity index (χ3n) is 5.86. The van der Waals surface area contributed by atoms with E-state index in [0.717, 1.165) is 47.0 Å². The second-order valence-corrected chi connectivity index (χ2v) is 9.71. The second-order valence-electron chi connectivity index (χ2n) is 8.44. The molecule has 0 aliphatic rings. The lowest BCUT2D eigenvalue weighted by atomic mass is 10.1. The minimum absolute atomic E-state index is 0.422. The highest BCUT2D eigenvalue weighted by Gasteiger charge is 2.13. The van der Waals surface area contributed by atoms with Gasteiger partial charge in [0.1, 0.15) is 0 Å². The fraction of sp³-hybridized carbons (Fsp3) is 0.179. The van der Waals surface area contributed by atoms with E-state index >= 15 is 0 Å². The van der Waals surface area contributed by atoms with E-state index in [1.165, 1.54) is 5.56 Å². The summed E-state index contributed by atoms with van der Waals surface area (Å²) < 4.78 is 10.6. The summed E-state index contributed by atoms with van der Waals surface area (Å²) >= 11 is 7.67. The summed E-state index contributed by atoms with van der Waals surface area (Å²) in [4.78, 5) is 21.0. The van der Waals surface area contributed by atoms with Crippen LogP contribution in [0.1, 0.15) is 11.1 Å². The molecule has 0 radical (unpaired) electrons. The Kier molecular flexibility index (Phi) is 8.10. The molecule has 188 valence electrons. The number of hydrogen-bond acceptors (Lipinski definition) is 7. The molecular formula is C28H25ClN4O3S. The number of aromatic nitrogens is 3. The van der Waals surface area contributed by atoms with Gasteiger partial charge in [0.2, 0.25) is 0 Å². The smallest absolute Gasteiger partial charge is 0.375 e. The van der Waals surface area contributed by atoms with Gasteiger partial charge in [0.15, 0.2) is 11.0 Å². The van der Waals surface area contributed by atoms with Crippen LogP contribution >= 0.6 is 22.9 Å². The molecule has 0 aliphatic heterocycles. The topological polar surface area (TPSA) is 84.2 Å². The van der Waals surface area contributed by atoms with Crippen LogP contribution in [-0.2, 0) is 17.8 Å². The number of benzene rings is 3. The van der Waals surface area contributed by atoms with E-state index in [1.54, 1.807) is 11.3 Å². The van der Waals surface area contributed by atoms with Gasteiger partial charge in [-0.25, -0.2) is 9.78 Å². The fourth-order valence-electron chi connectivity index (χ4n) is 3.85. The Morgan fingerprint density at radius 2 is 1.68 bits per heavy atom. The van der Waals surface area contributed by atoms with Crippen molar-refractivity contribution in [3.63, 3.8) is 0 Å². The molecular weight excluding hydrogens is 508 g/mol. The molecule has 2 heterocycles. The van der Waals surface area contributed by atoms with Crippen molar-refractivity contribution in [3.8, 4) is 22.6 Å². The number of rotatable bonds is 11. The van der Waals surface area contributed by atoms with Crippen molar-refractivity contribution < 1.29 is 9.26 Å². The summed E-state index contributed by atoms with van der Waals surface area (Å²) in [6, 6.07) is 25.8. The van der Waals surface area contributed by atoms with E-state index in [0.29, 0.717) is 24.1 Å². The second kappa shape index (κ2) is 12.0. The Morgan fingerprint density at radius 3 is 2.41 bits per heavy atom. The number of thiazole rings is 1. The number of halogens is 1. The summed E-state index contributed by atoms with van der Waals surface area (Å²) in [5.74, 6) is -0.142.